The van der Waals surface area contributed by atoms with Crippen LogP contribution in [0.4, 0.5) is 0 Å². The Balaban J connectivity index is 2.32. The molecule has 0 bridgehead atoms. The van der Waals surface area contributed by atoms with Gasteiger partial charge in [-0.25, -0.2) is 0 Å². The Hall–Kier alpha value is -1.18. The largest absolute Gasteiger partial charge is 0.454 e. The number of hydrogen-bond acceptors (Lipinski definition) is 1. The molecule has 0 heterocycles. The normalized spacial score (nSPS) is 10.0. The average molecular weight is 238 g/mol. The van der Waals surface area contributed by atoms with Crippen LogP contribution in [0.15, 0.2) is 42.5 Å². The van der Waals surface area contributed by atoms with Crippen LogP contribution in [0.5, 0.6) is 11.5 Å². The van der Waals surface area contributed by atoms with Crippen molar-refractivity contribution in [1.29, 1.82) is 0 Å². The fourth-order valence-corrected chi connectivity index (χ4v) is 1.59. The lowest BCUT2D eigenvalue weighted by Gasteiger charge is -2.08. The molecule has 0 atom stereocenters. The highest BCUT2D eigenvalue weighted by Crippen LogP contribution is 2.35. The van der Waals surface area contributed by atoms with Crippen molar-refractivity contribution in [2.45, 2.75) is 0 Å². The maximum absolute atomic E-state index is 5.94. The molecule has 0 aliphatic carbocycles. The van der Waals surface area contributed by atoms with Crippen molar-refractivity contribution in [2.75, 3.05) is 0 Å². The van der Waals surface area contributed by atoms with Gasteiger partial charge in [0.2, 0.25) is 0 Å². The zero-order valence-corrected chi connectivity index (χ0v) is 9.22. The van der Waals surface area contributed by atoms with Crippen LogP contribution in [0.2, 0.25) is 10.0 Å². The van der Waals surface area contributed by atoms with Crippen LogP contribution < -0.4 is 4.74 Å². The third-order valence-corrected chi connectivity index (χ3v) is 2.38. The fourth-order valence-electron chi connectivity index (χ4n) is 1.14. The molecule has 15 heavy (non-hydrogen) atoms. The predicted molar refractivity (Wildman–Crippen MR) is 61.8 cm³/mol. The van der Waals surface area contributed by atoms with Crippen molar-refractivity contribution >= 4 is 23.2 Å². The molecule has 3 heteroatoms. The van der Waals surface area contributed by atoms with Gasteiger partial charge in [-0.05, 0) is 30.3 Å². The Morgan fingerprint density at radius 2 is 1.53 bits per heavy atom. The van der Waals surface area contributed by atoms with Crippen LogP contribution in [0.25, 0.3) is 0 Å². The van der Waals surface area contributed by atoms with Gasteiger partial charge in [-0.2, -0.15) is 0 Å². The zero-order chi connectivity index (χ0) is 10.7. The molecule has 0 spiro atoms. The first kappa shape index (κ1) is 10.3. The molecule has 0 fully saturated rings. The van der Waals surface area contributed by atoms with Gasteiger partial charge in [0, 0.05) is 0 Å². The molecular weight excluding hydrogens is 231 g/mol. The van der Waals surface area contributed by atoms with Crippen molar-refractivity contribution in [3.8, 4) is 11.5 Å². The Bertz CT molecular complexity index is 434. The highest BCUT2D eigenvalue weighted by molar-refractivity contribution is 6.37. The molecule has 0 aliphatic rings. The second-order valence-electron chi connectivity index (χ2n) is 2.90. The number of rotatable bonds is 2. The smallest absolute Gasteiger partial charge is 0.164 e. The van der Waals surface area contributed by atoms with Gasteiger partial charge in [0.15, 0.2) is 5.75 Å². The monoisotopic (exact) mass is 237 g/mol. The number of hydrogen-bond donors (Lipinski definition) is 0. The van der Waals surface area contributed by atoms with E-state index in [-0.39, 0.29) is 0 Å². The first-order chi connectivity index (χ1) is 7.27. The summed E-state index contributed by atoms with van der Waals surface area (Å²) >= 11 is 11.9. The van der Waals surface area contributed by atoms with Gasteiger partial charge in [-0.3, -0.25) is 0 Å². The summed E-state index contributed by atoms with van der Waals surface area (Å²) in [5.74, 6) is 1.16. The van der Waals surface area contributed by atoms with Gasteiger partial charge in [0.1, 0.15) is 5.75 Å². The van der Waals surface area contributed by atoms with Crippen LogP contribution in [-0.4, -0.2) is 0 Å². The van der Waals surface area contributed by atoms with Crippen molar-refractivity contribution < 1.29 is 4.74 Å². The summed E-state index contributed by atoms with van der Waals surface area (Å²) in [4.78, 5) is 0. The van der Waals surface area contributed by atoms with Crippen LogP contribution in [0.3, 0.4) is 0 Å². The van der Waals surface area contributed by atoms with Gasteiger partial charge in [-0.1, -0.05) is 41.4 Å². The average Bonchev–Trinajstić information content (AvgIpc) is 2.25. The van der Waals surface area contributed by atoms with E-state index in [4.69, 9.17) is 27.9 Å². The molecule has 0 saturated carbocycles. The van der Waals surface area contributed by atoms with Crippen molar-refractivity contribution in [1.82, 2.24) is 0 Å². The van der Waals surface area contributed by atoms with Crippen molar-refractivity contribution in [3.63, 3.8) is 0 Å². The number of para-hydroxylation sites is 1. The van der Waals surface area contributed by atoms with Crippen LogP contribution in [0.1, 0.15) is 0 Å². The van der Waals surface area contributed by atoms with Crippen molar-refractivity contribution in [2.24, 2.45) is 0 Å². The standard InChI is InChI=1S/C12H7Cl2O/c13-10-7-4-8-11(14)12(10)15-9-5-2-1-3-6-9/h1-3,5-8H. The van der Waals surface area contributed by atoms with Gasteiger partial charge in [0.05, 0.1) is 10.0 Å². The van der Waals surface area contributed by atoms with E-state index >= 15 is 0 Å². The summed E-state index contributed by atoms with van der Waals surface area (Å²) < 4.78 is 5.56. The lowest BCUT2D eigenvalue weighted by molar-refractivity contribution is 0.483. The van der Waals surface area contributed by atoms with Gasteiger partial charge >= 0.3 is 0 Å². The van der Waals surface area contributed by atoms with E-state index in [1.54, 1.807) is 12.1 Å². The summed E-state index contributed by atoms with van der Waals surface area (Å²) in [6.07, 6.45) is 0. The molecule has 2 aromatic carbocycles. The molecule has 1 nitrogen and oxygen atoms in total. The van der Waals surface area contributed by atoms with Gasteiger partial charge in [-0.15, -0.1) is 0 Å². The molecule has 75 valence electrons. The number of ether oxygens (including phenoxy) is 1. The molecule has 0 amide bonds. The SMILES string of the molecule is Clc1c[c]cc(Cl)c1Oc1ccccc1. The lowest BCUT2D eigenvalue weighted by Crippen LogP contribution is -1.85. The minimum Gasteiger partial charge on any atom is -0.454 e. The van der Waals surface area contributed by atoms with Crippen LogP contribution in [0, 0.1) is 6.07 Å². The Morgan fingerprint density at radius 3 is 2.13 bits per heavy atom. The van der Waals surface area contributed by atoms with E-state index in [2.05, 4.69) is 6.07 Å². The van der Waals surface area contributed by atoms with E-state index < -0.39 is 0 Å². The number of benzene rings is 2. The van der Waals surface area contributed by atoms with Gasteiger partial charge < -0.3 is 4.74 Å². The molecule has 1 radical (unpaired) electrons. The van der Waals surface area contributed by atoms with Crippen LogP contribution in [-0.2, 0) is 0 Å². The lowest BCUT2D eigenvalue weighted by atomic mass is 10.3. The maximum Gasteiger partial charge on any atom is 0.164 e. The molecule has 2 aromatic rings. The highest BCUT2D eigenvalue weighted by atomic mass is 35.5. The fraction of sp³-hybridized carbons (Fsp3) is 0. The third kappa shape index (κ3) is 2.44. The predicted octanol–water partition coefficient (Wildman–Crippen LogP) is 4.59. The Labute approximate surface area is 98.2 Å². The van der Waals surface area contributed by atoms with Gasteiger partial charge in [0.25, 0.3) is 0 Å². The second kappa shape index (κ2) is 4.56. The summed E-state index contributed by atoms with van der Waals surface area (Å²) in [5, 5.41) is 0.901. The minimum absolute atomic E-state index is 0.450. The molecule has 0 N–H and O–H groups in total. The molecule has 0 aliphatic heterocycles. The summed E-state index contributed by atoms with van der Waals surface area (Å²) in [6, 6.07) is 15.4. The summed E-state index contributed by atoms with van der Waals surface area (Å²) in [6.45, 7) is 0. The molecule has 2 rings (SSSR count). The minimum atomic E-state index is 0.450. The topological polar surface area (TPSA) is 9.23 Å². The quantitative estimate of drug-likeness (QED) is 0.743. The van der Waals surface area contributed by atoms with E-state index in [9.17, 15) is 0 Å². The summed E-state index contributed by atoms with van der Waals surface area (Å²) in [7, 11) is 0. The Morgan fingerprint density at radius 1 is 0.933 bits per heavy atom. The van der Waals surface area contributed by atoms with Crippen LogP contribution >= 0.6 is 23.2 Å². The van der Waals surface area contributed by atoms with E-state index in [1.165, 1.54) is 0 Å². The molecular formula is C12H7Cl2O. The number of halogens is 2. The molecule has 0 unspecified atom stereocenters. The maximum atomic E-state index is 5.94. The first-order valence-corrected chi connectivity index (χ1v) is 5.11. The zero-order valence-electron chi connectivity index (χ0n) is 7.71. The van der Waals surface area contributed by atoms with E-state index in [0.29, 0.717) is 21.5 Å². The third-order valence-electron chi connectivity index (χ3n) is 1.82. The molecule has 0 saturated heterocycles. The van der Waals surface area contributed by atoms with E-state index in [1.807, 2.05) is 30.3 Å². The second-order valence-corrected chi connectivity index (χ2v) is 3.71. The Kier molecular flexibility index (Phi) is 3.14. The highest BCUT2D eigenvalue weighted by Gasteiger charge is 2.07. The van der Waals surface area contributed by atoms with E-state index in [0.717, 1.165) is 0 Å². The first-order valence-electron chi connectivity index (χ1n) is 4.35. The summed E-state index contributed by atoms with van der Waals surface area (Å²) in [5.41, 5.74) is 0. The molecule has 0 aromatic heterocycles. The van der Waals surface area contributed by atoms with Crippen molar-refractivity contribution in [3.05, 3.63) is 58.6 Å².